The molecule has 0 saturated carbocycles. The van der Waals surface area contributed by atoms with Crippen LogP contribution in [0.1, 0.15) is 30.9 Å². The standard InChI is InChI=1S/C21H19ClFN3O3/c1-2-3-11-25-18(27)21(24-20(25)29)14-7-4-5-10-17(14)26(19(21)28)12-13-15(22)8-6-9-16(13)23/h4-10H,2-3,11-12H2,1H3,(H,24,29). The molecular weight excluding hydrogens is 397 g/mol. The third-order valence-electron chi connectivity index (χ3n) is 5.38. The normalized spacial score (nSPS) is 20.6. The Kier molecular flexibility index (Phi) is 4.78. The fourth-order valence-corrected chi connectivity index (χ4v) is 4.10. The number of amides is 4. The van der Waals surface area contributed by atoms with Gasteiger partial charge in [-0.15, -0.1) is 0 Å². The summed E-state index contributed by atoms with van der Waals surface area (Å²) in [5.74, 6) is -1.76. The smallest absolute Gasteiger partial charge is 0.311 e. The van der Waals surface area contributed by atoms with Gasteiger partial charge in [-0.2, -0.15) is 0 Å². The predicted octanol–water partition coefficient (Wildman–Crippen LogP) is 3.57. The van der Waals surface area contributed by atoms with Crippen LogP contribution in [0, 0.1) is 5.82 Å². The molecule has 1 saturated heterocycles. The maximum absolute atomic E-state index is 14.3. The Labute approximate surface area is 172 Å². The lowest BCUT2D eigenvalue weighted by atomic mass is 9.91. The zero-order valence-electron chi connectivity index (χ0n) is 15.7. The van der Waals surface area contributed by atoms with Crippen LogP contribution >= 0.6 is 11.6 Å². The summed E-state index contributed by atoms with van der Waals surface area (Å²) in [5, 5.41) is 2.79. The maximum Gasteiger partial charge on any atom is 0.325 e. The average molecular weight is 416 g/mol. The van der Waals surface area contributed by atoms with Crippen molar-refractivity contribution in [1.29, 1.82) is 0 Å². The number of benzene rings is 2. The summed E-state index contributed by atoms with van der Waals surface area (Å²) in [6, 6.07) is 10.4. The van der Waals surface area contributed by atoms with Crippen LogP contribution in [-0.4, -0.2) is 29.3 Å². The van der Waals surface area contributed by atoms with Gasteiger partial charge in [0.1, 0.15) is 5.82 Å². The summed E-state index contributed by atoms with van der Waals surface area (Å²) in [6.45, 7) is 2.03. The lowest BCUT2D eigenvalue weighted by Crippen LogP contribution is -2.52. The molecule has 0 radical (unpaired) electrons. The van der Waals surface area contributed by atoms with Gasteiger partial charge in [-0.05, 0) is 24.6 Å². The number of halogens is 2. The maximum atomic E-state index is 14.3. The third-order valence-corrected chi connectivity index (χ3v) is 5.74. The molecule has 29 heavy (non-hydrogen) atoms. The Balaban J connectivity index is 1.78. The summed E-state index contributed by atoms with van der Waals surface area (Å²) in [6.07, 6.45) is 1.44. The highest BCUT2D eigenvalue weighted by molar-refractivity contribution is 6.31. The van der Waals surface area contributed by atoms with Crippen LogP contribution in [0.15, 0.2) is 42.5 Å². The van der Waals surface area contributed by atoms with Crippen molar-refractivity contribution in [3.05, 3.63) is 64.4 Å². The summed E-state index contributed by atoms with van der Waals surface area (Å²) in [4.78, 5) is 41.6. The van der Waals surface area contributed by atoms with E-state index in [0.29, 0.717) is 17.7 Å². The van der Waals surface area contributed by atoms with Gasteiger partial charge >= 0.3 is 6.03 Å². The zero-order chi connectivity index (χ0) is 20.8. The molecule has 1 N–H and O–H groups in total. The monoisotopic (exact) mass is 415 g/mol. The van der Waals surface area contributed by atoms with E-state index in [1.165, 1.54) is 23.1 Å². The highest BCUT2D eigenvalue weighted by atomic mass is 35.5. The number of hydrogen-bond acceptors (Lipinski definition) is 3. The van der Waals surface area contributed by atoms with Crippen LogP contribution in [0.2, 0.25) is 5.02 Å². The van der Waals surface area contributed by atoms with Gasteiger partial charge in [0, 0.05) is 22.7 Å². The van der Waals surface area contributed by atoms with Crippen LogP contribution in [0.3, 0.4) is 0 Å². The van der Waals surface area contributed by atoms with Crippen molar-refractivity contribution in [2.24, 2.45) is 0 Å². The minimum Gasteiger partial charge on any atom is -0.311 e. The molecule has 6 nitrogen and oxygen atoms in total. The van der Waals surface area contributed by atoms with E-state index in [0.717, 1.165) is 11.3 Å². The Hall–Kier alpha value is -2.93. The first-order valence-corrected chi connectivity index (χ1v) is 9.78. The molecule has 4 rings (SSSR count). The van der Waals surface area contributed by atoms with E-state index >= 15 is 0 Å². The van der Waals surface area contributed by atoms with E-state index in [1.807, 2.05) is 6.92 Å². The fraction of sp³-hybridized carbons (Fsp3) is 0.286. The number of anilines is 1. The number of imide groups is 1. The largest absolute Gasteiger partial charge is 0.325 e. The van der Waals surface area contributed by atoms with Crippen LogP contribution < -0.4 is 10.2 Å². The minimum absolute atomic E-state index is 0.147. The summed E-state index contributed by atoms with van der Waals surface area (Å²) >= 11 is 6.14. The molecule has 4 amide bonds. The van der Waals surface area contributed by atoms with Crippen molar-refractivity contribution < 1.29 is 18.8 Å². The molecule has 8 heteroatoms. The van der Waals surface area contributed by atoms with Crippen LogP contribution in [0.4, 0.5) is 14.9 Å². The van der Waals surface area contributed by atoms with Crippen LogP contribution in [0.5, 0.6) is 0 Å². The van der Waals surface area contributed by atoms with Gasteiger partial charge in [0.15, 0.2) is 0 Å². The molecule has 2 aliphatic rings. The second-order valence-corrected chi connectivity index (χ2v) is 7.51. The van der Waals surface area contributed by atoms with E-state index < -0.39 is 29.2 Å². The first-order valence-electron chi connectivity index (χ1n) is 9.40. The first kappa shape index (κ1) is 19.4. The number of hydrogen-bond donors (Lipinski definition) is 1. The number of para-hydroxylation sites is 1. The molecule has 0 aromatic heterocycles. The van der Waals surface area contributed by atoms with Gasteiger partial charge in [0.2, 0.25) is 5.54 Å². The molecule has 2 aromatic carbocycles. The second-order valence-electron chi connectivity index (χ2n) is 7.10. The molecule has 2 heterocycles. The topological polar surface area (TPSA) is 69.7 Å². The number of nitrogens with one attached hydrogen (secondary N) is 1. The van der Waals surface area contributed by atoms with Crippen molar-refractivity contribution in [3.8, 4) is 0 Å². The third kappa shape index (κ3) is 2.80. The van der Waals surface area contributed by atoms with Gasteiger partial charge in [0.05, 0.1) is 12.2 Å². The van der Waals surface area contributed by atoms with Gasteiger partial charge < -0.3 is 10.2 Å². The predicted molar refractivity (Wildman–Crippen MR) is 106 cm³/mol. The first-order chi connectivity index (χ1) is 13.9. The van der Waals surface area contributed by atoms with Crippen molar-refractivity contribution in [3.63, 3.8) is 0 Å². The lowest BCUT2D eigenvalue weighted by Gasteiger charge is -2.22. The SMILES string of the molecule is CCCCN1C(=O)NC2(C1=O)C(=O)N(Cc1c(F)cccc1Cl)c1ccccc12. The Morgan fingerprint density at radius 3 is 2.48 bits per heavy atom. The number of urea groups is 1. The van der Waals surface area contributed by atoms with E-state index in [-0.39, 0.29) is 23.7 Å². The van der Waals surface area contributed by atoms with Crippen molar-refractivity contribution in [2.75, 3.05) is 11.4 Å². The van der Waals surface area contributed by atoms with Crippen LogP contribution in [-0.2, 0) is 21.7 Å². The molecular formula is C21H19ClFN3O3. The van der Waals surface area contributed by atoms with Crippen molar-refractivity contribution in [1.82, 2.24) is 10.2 Å². The molecule has 1 unspecified atom stereocenters. The van der Waals surface area contributed by atoms with Crippen LogP contribution in [0.25, 0.3) is 0 Å². The minimum atomic E-state index is -1.82. The Bertz CT molecular complexity index is 1010. The number of carbonyl (C=O) groups is 3. The number of fused-ring (bicyclic) bond motifs is 2. The van der Waals surface area contributed by atoms with Gasteiger partial charge in [-0.1, -0.05) is 49.2 Å². The number of nitrogens with zero attached hydrogens (tertiary/aromatic N) is 2. The number of unbranched alkanes of at least 4 members (excludes halogenated alkanes) is 1. The van der Waals surface area contributed by atoms with Crippen molar-refractivity contribution in [2.45, 2.75) is 31.8 Å². The van der Waals surface area contributed by atoms with E-state index in [9.17, 15) is 18.8 Å². The summed E-state index contributed by atoms with van der Waals surface area (Å²) in [5.41, 5.74) is -0.842. The quantitative estimate of drug-likeness (QED) is 0.599. The number of carbonyl (C=O) groups excluding carboxylic acids is 3. The average Bonchev–Trinajstić information content (AvgIpc) is 3.09. The lowest BCUT2D eigenvalue weighted by molar-refractivity contribution is -0.138. The fourth-order valence-electron chi connectivity index (χ4n) is 3.87. The molecule has 1 atom stereocenters. The molecule has 2 aromatic rings. The zero-order valence-corrected chi connectivity index (χ0v) is 16.5. The Morgan fingerprint density at radius 2 is 1.76 bits per heavy atom. The molecule has 1 spiro atoms. The van der Waals surface area contributed by atoms with Gasteiger partial charge in [-0.25, -0.2) is 9.18 Å². The van der Waals surface area contributed by atoms with Gasteiger partial charge in [-0.3, -0.25) is 14.5 Å². The molecule has 1 fully saturated rings. The van der Waals surface area contributed by atoms with E-state index in [1.54, 1.807) is 24.3 Å². The van der Waals surface area contributed by atoms with Crippen molar-refractivity contribution >= 4 is 35.1 Å². The highest BCUT2D eigenvalue weighted by Crippen LogP contribution is 2.44. The second kappa shape index (κ2) is 7.15. The van der Waals surface area contributed by atoms with E-state index in [4.69, 9.17) is 11.6 Å². The summed E-state index contributed by atoms with van der Waals surface area (Å²) < 4.78 is 14.3. The number of rotatable bonds is 5. The highest BCUT2D eigenvalue weighted by Gasteiger charge is 2.63. The molecule has 0 aliphatic carbocycles. The summed E-state index contributed by atoms with van der Waals surface area (Å²) in [7, 11) is 0. The Morgan fingerprint density at radius 1 is 1.03 bits per heavy atom. The van der Waals surface area contributed by atoms with E-state index in [2.05, 4.69) is 5.32 Å². The molecule has 150 valence electrons. The molecule has 0 bridgehead atoms. The molecule has 2 aliphatic heterocycles. The van der Waals surface area contributed by atoms with Gasteiger partial charge in [0.25, 0.3) is 11.8 Å².